The summed E-state index contributed by atoms with van der Waals surface area (Å²) >= 11 is 0. The van der Waals surface area contributed by atoms with Gasteiger partial charge in [-0.15, -0.1) is 0 Å². The summed E-state index contributed by atoms with van der Waals surface area (Å²) in [6, 6.07) is 6.06. The molecule has 0 aliphatic carbocycles. The number of benzene rings is 1. The summed E-state index contributed by atoms with van der Waals surface area (Å²) in [5.74, 6) is -0.522. The first-order valence-electron chi connectivity index (χ1n) is 6.05. The smallest absolute Gasteiger partial charge is 0.250 e. The second-order valence-electron chi connectivity index (χ2n) is 4.32. The maximum atomic E-state index is 13.5. The van der Waals surface area contributed by atoms with Crippen LogP contribution >= 0.6 is 0 Å². The first kappa shape index (κ1) is 13.0. The van der Waals surface area contributed by atoms with Gasteiger partial charge in [-0.3, -0.25) is 4.79 Å². The second kappa shape index (κ2) is 5.93. The fourth-order valence-corrected chi connectivity index (χ4v) is 1.94. The van der Waals surface area contributed by atoms with Gasteiger partial charge in [-0.1, -0.05) is 18.2 Å². The average Bonchev–Trinajstić information content (AvgIpc) is 2.40. The van der Waals surface area contributed by atoms with Crippen LogP contribution in [-0.4, -0.2) is 31.7 Å². The van der Waals surface area contributed by atoms with Gasteiger partial charge in [-0.2, -0.15) is 0 Å². The van der Waals surface area contributed by atoms with Gasteiger partial charge in [-0.05, 0) is 13.0 Å². The van der Waals surface area contributed by atoms with Crippen LogP contribution in [0.1, 0.15) is 18.5 Å². The predicted molar refractivity (Wildman–Crippen MR) is 65.6 cm³/mol. The molecule has 2 atom stereocenters. The van der Waals surface area contributed by atoms with Crippen LogP contribution in [0.5, 0.6) is 0 Å². The van der Waals surface area contributed by atoms with Gasteiger partial charge in [0.1, 0.15) is 11.9 Å². The zero-order valence-electron chi connectivity index (χ0n) is 10.3. The third-order valence-corrected chi connectivity index (χ3v) is 2.95. The molecule has 0 radical (unpaired) electrons. The maximum Gasteiger partial charge on any atom is 0.250 e. The van der Waals surface area contributed by atoms with Crippen molar-refractivity contribution in [3.8, 4) is 0 Å². The van der Waals surface area contributed by atoms with Crippen LogP contribution in [0.3, 0.4) is 0 Å². The Morgan fingerprint density at radius 2 is 2.33 bits per heavy atom. The highest BCUT2D eigenvalue weighted by Gasteiger charge is 2.23. The highest BCUT2D eigenvalue weighted by atomic mass is 19.1. The van der Waals surface area contributed by atoms with E-state index in [1.54, 1.807) is 25.1 Å². The zero-order chi connectivity index (χ0) is 13.0. The van der Waals surface area contributed by atoms with Crippen molar-refractivity contribution in [1.82, 2.24) is 10.6 Å². The monoisotopic (exact) mass is 252 g/mol. The Balaban J connectivity index is 1.96. The predicted octanol–water partition coefficient (Wildman–Crippen LogP) is 0.991. The van der Waals surface area contributed by atoms with Crippen molar-refractivity contribution < 1.29 is 13.9 Å². The molecule has 98 valence electrons. The molecule has 18 heavy (non-hydrogen) atoms. The summed E-state index contributed by atoms with van der Waals surface area (Å²) in [5, 5.41) is 5.84. The molecule has 2 rings (SSSR count). The lowest BCUT2D eigenvalue weighted by Gasteiger charge is -2.24. The highest BCUT2D eigenvalue weighted by Crippen LogP contribution is 2.16. The molecule has 1 aromatic rings. The number of halogens is 1. The van der Waals surface area contributed by atoms with Gasteiger partial charge in [0.05, 0.1) is 12.6 Å². The fourth-order valence-electron chi connectivity index (χ4n) is 1.94. The first-order chi connectivity index (χ1) is 8.68. The van der Waals surface area contributed by atoms with E-state index >= 15 is 0 Å². The molecule has 1 saturated heterocycles. The Morgan fingerprint density at radius 1 is 1.56 bits per heavy atom. The van der Waals surface area contributed by atoms with E-state index in [4.69, 9.17) is 4.74 Å². The summed E-state index contributed by atoms with van der Waals surface area (Å²) in [4.78, 5) is 11.9. The lowest BCUT2D eigenvalue weighted by atomic mass is 10.1. The van der Waals surface area contributed by atoms with Gasteiger partial charge in [0.25, 0.3) is 5.91 Å². The molecular formula is C13H17FN2O2. The van der Waals surface area contributed by atoms with Gasteiger partial charge in [0.15, 0.2) is 0 Å². The van der Waals surface area contributed by atoms with Gasteiger partial charge in [0.2, 0.25) is 0 Å². The molecule has 1 fully saturated rings. The molecule has 4 nitrogen and oxygen atoms in total. The number of morpholine rings is 1. The lowest BCUT2D eigenvalue weighted by Crippen LogP contribution is -2.48. The molecule has 0 saturated carbocycles. The number of hydrogen-bond acceptors (Lipinski definition) is 3. The van der Waals surface area contributed by atoms with E-state index in [1.807, 2.05) is 0 Å². The standard InChI is InChI=1S/C13H17FN2O2/c1-9(10-4-2-3-5-11(10)14)16-13(17)12-8-15-6-7-18-12/h2-5,9,12,15H,6-8H2,1H3,(H,16,17)/t9-,12?/m1/s1. The Labute approximate surface area is 106 Å². The molecule has 5 heteroatoms. The molecule has 1 heterocycles. The third-order valence-electron chi connectivity index (χ3n) is 2.95. The molecule has 1 unspecified atom stereocenters. The summed E-state index contributed by atoms with van der Waals surface area (Å²) < 4.78 is 18.9. The minimum absolute atomic E-state index is 0.210. The Bertz CT molecular complexity index is 419. The summed E-state index contributed by atoms with van der Waals surface area (Å²) in [5.41, 5.74) is 0.481. The van der Waals surface area contributed by atoms with Crippen molar-refractivity contribution in [1.29, 1.82) is 0 Å². The quantitative estimate of drug-likeness (QED) is 0.843. The number of carbonyl (C=O) groups excluding carboxylic acids is 1. The van der Waals surface area contributed by atoms with E-state index in [2.05, 4.69) is 10.6 Å². The van der Waals surface area contributed by atoms with Crippen LogP contribution in [0.25, 0.3) is 0 Å². The van der Waals surface area contributed by atoms with Crippen molar-refractivity contribution in [3.63, 3.8) is 0 Å². The van der Waals surface area contributed by atoms with E-state index in [0.29, 0.717) is 18.7 Å². The van der Waals surface area contributed by atoms with Crippen molar-refractivity contribution in [2.75, 3.05) is 19.7 Å². The normalized spacial score (nSPS) is 21.3. The van der Waals surface area contributed by atoms with E-state index in [0.717, 1.165) is 6.54 Å². The Hall–Kier alpha value is -1.46. The van der Waals surface area contributed by atoms with Crippen LogP contribution in [0.2, 0.25) is 0 Å². The molecule has 1 aliphatic rings. The van der Waals surface area contributed by atoms with Gasteiger partial charge in [0, 0.05) is 18.7 Å². The topological polar surface area (TPSA) is 50.4 Å². The molecule has 2 N–H and O–H groups in total. The number of ether oxygens (including phenoxy) is 1. The molecule has 0 bridgehead atoms. The SMILES string of the molecule is C[C@@H](NC(=O)C1CNCCO1)c1ccccc1F. The lowest BCUT2D eigenvalue weighted by molar-refractivity contribution is -0.134. The van der Waals surface area contributed by atoms with Crippen molar-refractivity contribution >= 4 is 5.91 Å². The molecular weight excluding hydrogens is 235 g/mol. The number of amides is 1. The number of nitrogens with one attached hydrogen (secondary N) is 2. The van der Waals surface area contributed by atoms with Crippen molar-refractivity contribution in [2.45, 2.75) is 19.1 Å². The van der Waals surface area contributed by atoms with E-state index in [1.165, 1.54) is 6.07 Å². The summed E-state index contributed by atoms with van der Waals surface area (Å²) in [6.07, 6.45) is -0.493. The summed E-state index contributed by atoms with van der Waals surface area (Å²) in [7, 11) is 0. The zero-order valence-corrected chi connectivity index (χ0v) is 10.3. The molecule has 0 spiro atoms. The van der Waals surface area contributed by atoms with E-state index in [-0.39, 0.29) is 17.8 Å². The van der Waals surface area contributed by atoms with Crippen molar-refractivity contribution in [3.05, 3.63) is 35.6 Å². The van der Waals surface area contributed by atoms with Gasteiger partial charge in [-0.25, -0.2) is 4.39 Å². The van der Waals surface area contributed by atoms with Crippen LogP contribution in [0.4, 0.5) is 4.39 Å². The van der Waals surface area contributed by atoms with E-state index < -0.39 is 6.10 Å². The van der Waals surface area contributed by atoms with Crippen molar-refractivity contribution in [2.24, 2.45) is 0 Å². The molecule has 1 aromatic carbocycles. The Morgan fingerprint density at radius 3 is 3.00 bits per heavy atom. The average molecular weight is 252 g/mol. The molecule has 0 aromatic heterocycles. The van der Waals surface area contributed by atoms with E-state index in [9.17, 15) is 9.18 Å². The largest absolute Gasteiger partial charge is 0.366 e. The highest BCUT2D eigenvalue weighted by molar-refractivity contribution is 5.81. The number of rotatable bonds is 3. The van der Waals surface area contributed by atoms with Crippen LogP contribution in [0.15, 0.2) is 24.3 Å². The molecule has 1 amide bonds. The van der Waals surface area contributed by atoms with Gasteiger partial charge < -0.3 is 15.4 Å². The van der Waals surface area contributed by atoms with Crippen LogP contribution < -0.4 is 10.6 Å². The van der Waals surface area contributed by atoms with Crippen LogP contribution in [-0.2, 0) is 9.53 Å². The third kappa shape index (κ3) is 3.05. The summed E-state index contributed by atoms with van der Waals surface area (Å²) in [6.45, 7) is 3.53. The number of carbonyl (C=O) groups is 1. The second-order valence-corrected chi connectivity index (χ2v) is 4.32. The van der Waals surface area contributed by atoms with Crippen LogP contribution in [0, 0.1) is 5.82 Å². The fraction of sp³-hybridized carbons (Fsp3) is 0.462. The van der Waals surface area contributed by atoms with Gasteiger partial charge >= 0.3 is 0 Å². The number of hydrogen-bond donors (Lipinski definition) is 2. The maximum absolute atomic E-state index is 13.5. The molecule has 1 aliphatic heterocycles. The minimum atomic E-state index is -0.493. The Kier molecular flexibility index (Phi) is 4.28. The first-order valence-corrected chi connectivity index (χ1v) is 6.05. The minimum Gasteiger partial charge on any atom is -0.366 e.